The molecule has 2 aromatic heterocycles. The van der Waals surface area contributed by atoms with Crippen LogP contribution in [0.3, 0.4) is 0 Å². The standard InChI is InChI=1S/C25H22F2N4O2.2C5H12O.CH2O/c1-3-31-15-18(14-30-31)23-12-21(7-8-28-23)33-24-6-4-5-22(16(24)2)25(32)29-13-17-9-19(26)11-20(27)10-17;2*1-5(2,3)6-4;1-2/h4-12,14-15H,3,13H2,1-2H3,(H,29,32);2*1-4H3;1H2. The highest BCUT2D eigenvalue weighted by molar-refractivity contribution is 5.96. The number of hydrogen-bond acceptors (Lipinski definition) is 7. The third-order valence-electron chi connectivity index (χ3n) is 6.34. The van der Waals surface area contributed by atoms with Gasteiger partial charge in [0.15, 0.2) is 0 Å². The van der Waals surface area contributed by atoms with Crippen LogP contribution >= 0.6 is 0 Å². The molecule has 47 heavy (non-hydrogen) atoms. The Balaban J connectivity index is 0.000000667. The molecule has 0 aliphatic carbocycles. The molecule has 0 fully saturated rings. The fraction of sp³-hybridized carbons (Fsp3) is 0.389. The highest BCUT2D eigenvalue weighted by Gasteiger charge is 2.14. The van der Waals surface area contributed by atoms with E-state index >= 15 is 0 Å². The van der Waals surface area contributed by atoms with Crippen LogP contribution in [0, 0.1) is 18.6 Å². The molecule has 0 unspecified atom stereocenters. The fourth-order valence-corrected chi connectivity index (χ4v) is 3.39. The van der Waals surface area contributed by atoms with Crippen molar-refractivity contribution in [1.82, 2.24) is 20.1 Å². The third kappa shape index (κ3) is 15.1. The smallest absolute Gasteiger partial charge is 0.251 e. The van der Waals surface area contributed by atoms with Crippen LogP contribution in [0.25, 0.3) is 11.3 Å². The maximum Gasteiger partial charge on any atom is 0.251 e. The lowest BCUT2D eigenvalue weighted by atomic mass is 10.1. The molecule has 0 atom stereocenters. The van der Waals surface area contributed by atoms with E-state index in [0.717, 1.165) is 23.9 Å². The van der Waals surface area contributed by atoms with Gasteiger partial charge in [-0.15, -0.1) is 0 Å². The number of ether oxygens (including phenoxy) is 3. The number of rotatable bonds is 7. The summed E-state index contributed by atoms with van der Waals surface area (Å²) in [6.07, 6.45) is 5.31. The van der Waals surface area contributed by atoms with Gasteiger partial charge in [-0.1, -0.05) is 6.07 Å². The normalized spacial score (nSPS) is 10.7. The van der Waals surface area contributed by atoms with E-state index < -0.39 is 11.6 Å². The molecule has 0 bridgehead atoms. The zero-order valence-electron chi connectivity index (χ0n) is 29.1. The number of halogens is 2. The molecule has 0 aliphatic rings. The summed E-state index contributed by atoms with van der Waals surface area (Å²) < 4.78 is 44.5. The van der Waals surface area contributed by atoms with Crippen molar-refractivity contribution >= 4 is 12.7 Å². The minimum absolute atomic E-state index is 0.00278. The molecule has 1 amide bonds. The molecule has 4 aromatic rings. The van der Waals surface area contributed by atoms with E-state index in [2.05, 4.69) is 15.4 Å². The molecular weight excluding hydrogens is 606 g/mol. The minimum atomic E-state index is -0.690. The highest BCUT2D eigenvalue weighted by Crippen LogP contribution is 2.29. The minimum Gasteiger partial charge on any atom is -0.457 e. The average molecular weight is 655 g/mol. The molecule has 0 spiro atoms. The van der Waals surface area contributed by atoms with Crippen molar-refractivity contribution in [3.63, 3.8) is 0 Å². The maximum atomic E-state index is 13.4. The van der Waals surface area contributed by atoms with Crippen LogP contribution in [-0.4, -0.2) is 52.9 Å². The summed E-state index contributed by atoms with van der Waals surface area (Å²) in [4.78, 5) is 25.1. The van der Waals surface area contributed by atoms with Gasteiger partial charge < -0.3 is 24.3 Å². The van der Waals surface area contributed by atoms with Crippen molar-refractivity contribution in [3.05, 3.63) is 95.4 Å². The van der Waals surface area contributed by atoms with Gasteiger partial charge in [-0.3, -0.25) is 14.5 Å². The van der Waals surface area contributed by atoms with Crippen molar-refractivity contribution in [2.45, 2.75) is 79.7 Å². The molecule has 1 N–H and O–H groups in total. The Hall–Kier alpha value is -4.48. The van der Waals surface area contributed by atoms with E-state index in [1.807, 2.05) is 72.2 Å². The number of pyridine rings is 1. The summed E-state index contributed by atoms with van der Waals surface area (Å²) in [6, 6.07) is 11.8. The predicted molar refractivity (Wildman–Crippen MR) is 181 cm³/mol. The molecular formula is C36H48F2N4O5. The van der Waals surface area contributed by atoms with Crippen LogP contribution in [0.5, 0.6) is 11.5 Å². The zero-order valence-corrected chi connectivity index (χ0v) is 29.1. The van der Waals surface area contributed by atoms with Crippen molar-refractivity contribution in [3.8, 4) is 22.8 Å². The van der Waals surface area contributed by atoms with Crippen LogP contribution in [0.15, 0.2) is 67.1 Å². The monoisotopic (exact) mass is 654 g/mol. The third-order valence-corrected chi connectivity index (χ3v) is 6.34. The van der Waals surface area contributed by atoms with Crippen LogP contribution in [0.2, 0.25) is 0 Å². The van der Waals surface area contributed by atoms with Crippen LogP contribution in [0.1, 0.15) is 70.0 Å². The lowest BCUT2D eigenvalue weighted by Gasteiger charge is -2.14. The number of aryl methyl sites for hydroxylation is 1. The molecule has 0 radical (unpaired) electrons. The first-order valence-electron chi connectivity index (χ1n) is 14.9. The first kappa shape index (κ1) is 40.5. The summed E-state index contributed by atoms with van der Waals surface area (Å²) in [5.41, 5.74) is 3.06. The average Bonchev–Trinajstić information content (AvgIpc) is 3.51. The van der Waals surface area contributed by atoms with E-state index in [9.17, 15) is 13.6 Å². The largest absolute Gasteiger partial charge is 0.457 e. The second kappa shape index (κ2) is 19.2. The van der Waals surface area contributed by atoms with Gasteiger partial charge in [0.1, 0.15) is 29.9 Å². The number of nitrogens with one attached hydrogen (secondary N) is 1. The number of carbonyl (C=O) groups is 2. The first-order chi connectivity index (χ1) is 22.0. The number of nitrogens with zero attached hydrogens (tertiary/aromatic N) is 3. The van der Waals surface area contributed by atoms with E-state index in [4.69, 9.17) is 19.0 Å². The molecule has 11 heteroatoms. The summed E-state index contributed by atoms with van der Waals surface area (Å²) in [5, 5.41) is 6.96. The van der Waals surface area contributed by atoms with Gasteiger partial charge in [0.05, 0.1) is 23.1 Å². The number of amides is 1. The molecule has 256 valence electrons. The van der Waals surface area contributed by atoms with Crippen LogP contribution in [0.4, 0.5) is 8.78 Å². The van der Waals surface area contributed by atoms with Gasteiger partial charge in [0.2, 0.25) is 0 Å². The van der Waals surface area contributed by atoms with E-state index in [1.165, 1.54) is 12.1 Å². The number of carbonyl (C=O) groups excluding carboxylic acids is 2. The van der Waals surface area contributed by atoms with Crippen molar-refractivity contribution < 1.29 is 32.6 Å². The predicted octanol–water partition coefficient (Wildman–Crippen LogP) is 7.95. The quantitative estimate of drug-likeness (QED) is 0.216. The molecule has 0 saturated heterocycles. The number of benzene rings is 2. The summed E-state index contributed by atoms with van der Waals surface area (Å²) in [5.74, 6) is -0.666. The van der Waals surface area contributed by atoms with Gasteiger partial charge in [-0.2, -0.15) is 5.10 Å². The molecule has 2 heterocycles. The Labute approximate surface area is 277 Å². The Kier molecular flexibility index (Phi) is 16.6. The zero-order chi connectivity index (χ0) is 35.8. The molecule has 2 aromatic carbocycles. The Morgan fingerprint density at radius 2 is 1.51 bits per heavy atom. The van der Waals surface area contributed by atoms with E-state index in [0.29, 0.717) is 28.2 Å². The van der Waals surface area contributed by atoms with Crippen molar-refractivity contribution in [2.24, 2.45) is 0 Å². The topological polar surface area (TPSA) is 105 Å². The van der Waals surface area contributed by atoms with Crippen molar-refractivity contribution in [1.29, 1.82) is 0 Å². The van der Waals surface area contributed by atoms with E-state index in [-0.39, 0.29) is 23.7 Å². The summed E-state index contributed by atoms with van der Waals surface area (Å²) >= 11 is 0. The summed E-state index contributed by atoms with van der Waals surface area (Å²) in [7, 11) is 3.42. The van der Waals surface area contributed by atoms with Gasteiger partial charge in [-0.25, -0.2) is 8.78 Å². The maximum absolute atomic E-state index is 13.4. The Bertz CT molecular complexity index is 1510. The number of hydrogen-bond donors (Lipinski definition) is 1. The van der Waals surface area contributed by atoms with Gasteiger partial charge in [0, 0.05) is 68.5 Å². The van der Waals surface area contributed by atoms with Gasteiger partial charge in [-0.05, 0) is 91.3 Å². The lowest BCUT2D eigenvalue weighted by molar-refractivity contribution is -0.0980. The Morgan fingerprint density at radius 3 is 2.02 bits per heavy atom. The molecule has 0 aliphatic heterocycles. The molecule has 4 rings (SSSR count). The lowest BCUT2D eigenvalue weighted by Crippen LogP contribution is -2.23. The van der Waals surface area contributed by atoms with Crippen LogP contribution in [-0.2, 0) is 27.4 Å². The fourth-order valence-electron chi connectivity index (χ4n) is 3.39. The van der Waals surface area contributed by atoms with Crippen LogP contribution < -0.4 is 10.1 Å². The number of aromatic nitrogens is 3. The molecule has 9 nitrogen and oxygen atoms in total. The van der Waals surface area contributed by atoms with Gasteiger partial charge >= 0.3 is 0 Å². The second-order valence-corrected chi connectivity index (χ2v) is 12.1. The second-order valence-electron chi connectivity index (χ2n) is 12.1. The number of methoxy groups -OCH3 is 2. The van der Waals surface area contributed by atoms with Crippen molar-refractivity contribution in [2.75, 3.05) is 14.2 Å². The SMILES string of the molecule is C=O.CCn1cc(-c2cc(Oc3cccc(C(=O)NCc4cc(F)cc(F)c4)c3C)ccn2)cn1.COC(C)(C)C.COC(C)(C)C. The Morgan fingerprint density at radius 1 is 0.936 bits per heavy atom. The van der Waals surface area contributed by atoms with E-state index in [1.54, 1.807) is 57.8 Å². The summed E-state index contributed by atoms with van der Waals surface area (Å²) in [6.45, 7) is 18.7. The first-order valence-corrected chi connectivity index (χ1v) is 14.9. The van der Waals surface area contributed by atoms with Gasteiger partial charge in [0.25, 0.3) is 5.91 Å². The highest BCUT2D eigenvalue weighted by atomic mass is 19.1. The molecule has 0 saturated carbocycles.